The molecule has 0 bridgehead atoms. The minimum atomic E-state index is -0.168. The third kappa shape index (κ3) is 6.97. The van der Waals surface area contributed by atoms with Crippen LogP contribution in [0.25, 0.3) is 0 Å². The van der Waals surface area contributed by atoms with E-state index in [4.69, 9.17) is 9.47 Å². The molecule has 4 nitrogen and oxygen atoms in total. The maximum absolute atomic E-state index is 11.4. The molecule has 0 aromatic rings. The summed E-state index contributed by atoms with van der Waals surface area (Å²) in [7, 11) is 0. The van der Waals surface area contributed by atoms with Gasteiger partial charge in [0.15, 0.2) is 0 Å². The first-order valence-electron chi connectivity index (χ1n) is 6.53. The normalized spacial score (nSPS) is 25.6. The van der Waals surface area contributed by atoms with Gasteiger partial charge in [-0.15, -0.1) is 0 Å². The van der Waals surface area contributed by atoms with Crippen molar-refractivity contribution in [3.8, 4) is 0 Å². The molecule has 0 aliphatic carbocycles. The van der Waals surface area contributed by atoms with E-state index in [1.165, 1.54) is 0 Å². The highest BCUT2D eigenvalue weighted by Gasteiger charge is 2.11. The van der Waals surface area contributed by atoms with Crippen molar-refractivity contribution >= 4 is 11.9 Å². The van der Waals surface area contributed by atoms with E-state index in [0.717, 1.165) is 32.1 Å². The van der Waals surface area contributed by atoms with E-state index in [9.17, 15) is 9.59 Å². The average Bonchev–Trinajstić information content (AvgIpc) is 2.26. The Hall–Kier alpha value is -1.06. The van der Waals surface area contributed by atoms with Crippen molar-refractivity contribution < 1.29 is 19.1 Å². The molecule has 1 aliphatic heterocycles. The molecule has 0 radical (unpaired) electrons. The first kappa shape index (κ1) is 14.0. The van der Waals surface area contributed by atoms with Crippen molar-refractivity contribution in [3.05, 3.63) is 0 Å². The van der Waals surface area contributed by atoms with Gasteiger partial charge in [0.1, 0.15) is 6.10 Å². The Morgan fingerprint density at radius 3 is 2.24 bits per heavy atom. The second-order valence-electron chi connectivity index (χ2n) is 4.58. The van der Waals surface area contributed by atoms with Gasteiger partial charge in [-0.25, -0.2) is 0 Å². The molecule has 1 heterocycles. The summed E-state index contributed by atoms with van der Waals surface area (Å²) in [4.78, 5) is 22.7. The number of esters is 2. The van der Waals surface area contributed by atoms with Gasteiger partial charge in [0.25, 0.3) is 0 Å². The van der Waals surface area contributed by atoms with Gasteiger partial charge >= 0.3 is 11.9 Å². The first-order valence-corrected chi connectivity index (χ1v) is 6.53. The van der Waals surface area contributed by atoms with Crippen LogP contribution in [-0.2, 0) is 19.1 Å². The van der Waals surface area contributed by atoms with Crippen molar-refractivity contribution in [2.45, 2.75) is 64.4 Å². The largest absolute Gasteiger partial charge is 0.466 e. The lowest BCUT2D eigenvalue weighted by atomic mass is 10.1. The molecular formula is C13H22O4. The molecule has 1 rings (SSSR count). The molecule has 0 N–H and O–H groups in total. The topological polar surface area (TPSA) is 52.6 Å². The summed E-state index contributed by atoms with van der Waals surface area (Å²) >= 11 is 0. The third-order valence-electron chi connectivity index (χ3n) is 2.88. The molecule has 4 heteroatoms. The Morgan fingerprint density at radius 1 is 0.941 bits per heavy atom. The van der Waals surface area contributed by atoms with E-state index in [0.29, 0.717) is 25.9 Å². The van der Waals surface area contributed by atoms with E-state index in [2.05, 4.69) is 0 Å². The fourth-order valence-corrected chi connectivity index (χ4v) is 1.82. The summed E-state index contributed by atoms with van der Waals surface area (Å²) in [6.45, 7) is 2.17. The molecule has 0 aromatic carbocycles. The lowest BCUT2D eigenvalue weighted by Crippen LogP contribution is -2.18. The summed E-state index contributed by atoms with van der Waals surface area (Å²) in [6.07, 6.45) is 6.32. The van der Waals surface area contributed by atoms with Gasteiger partial charge in [-0.3, -0.25) is 9.59 Å². The van der Waals surface area contributed by atoms with Crippen LogP contribution in [0.3, 0.4) is 0 Å². The summed E-state index contributed by atoms with van der Waals surface area (Å²) < 4.78 is 10.3. The number of carbonyl (C=O) groups is 2. The van der Waals surface area contributed by atoms with Crippen LogP contribution in [0.2, 0.25) is 0 Å². The first-order chi connectivity index (χ1) is 8.18. The van der Waals surface area contributed by atoms with E-state index in [1.54, 1.807) is 0 Å². The van der Waals surface area contributed by atoms with Crippen LogP contribution in [0.15, 0.2) is 0 Å². The molecule has 1 unspecified atom stereocenters. The highest BCUT2D eigenvalue weighted by Crippen LogP contribution is 2.10. The highest BCUT2D eigenvalue weighted by molar-refractivity contribution is 5.69. The predicted octanol–water partition coefficient (Wildman–Crippen LogP) is 2.60. The Morgan fingerprint density at radius 2 is 1.53 bits per heavy atom. The van der Waals surface area contributed by atoms with Crippen LogP contribution in [-0.4, -0.2) is 24.6 Å². The Balaban J connectivity index is 2.34. The van der Waals surface area contributed by atoms with Crippen LogP contribution in [0.1, 0.15) is 58.3 Å². The lowest BCUT2D eigenvalue weighted by molar-refractivity contribution is -0.150. The number of ether oxygens (including phenoxy) is 2. The summed E-state index contributed by atoms with van der Waals surface area (Å²) in [5.41, 5.74) is 0. The number of hydrogen-bond donors (Lipinski definition) is 0. The average molecular weight is 242 g/mol. The molecule has 0 saturated carbocycles. The van der Waals surface area contributed by atoms with E-state index < -0.39 is 0 Å². The maximum Gasteiger partial charge on any atom is 0.306 e. The molecular weight excluding hydrogens is 220 g/mol. The monoisotopic (exact) mass is 242 g/mol. The fourth-order valence-electron chi connectivity index (χ4n) is 1.82. The van der Waals surface area contributed by atoms with Crippen LogP contribution in [0.5, 0.6) is 0 Å². The molecule has 0 aromatic heterocycles. The summed E-state index contributed by atoms with van der Waals surface area (Å²) in [5, 5.41) is 0. The SMILES string of the molecule is CC1CCOC(=O)CCCCCCCC(=O)O1. The van der Waals surface area contributed by atoms with Gasteiger partial charge in [-0.1, -0.05) is 19.3 Å². The number of rotatable bonds is 0. The van der Waals surface area contributed by atoms with Crippen LogP contribution in [0.4, 0.5) is 0 Å². The maximum atomic E-state index is 11.4. The number of carbonyl (C=O) groups excluding carboxylic acids is 2. The van der Waals surface area contributed by atoms with Gasteiger partial charge in [0.2, 0.25) is 0 Å². The minimum absolute atomic E-state index is 0.138. The van der Waals surface area contributed by atoms with Gasteiger partial charge in [-0.05, 0) is 19.8 Å². The van der Waals surface area contributed by atoms with Crippen molar-refractivity contribution in [1.82, 2.24) is 0 Å². The van der Waals surface area contributed by atoms with Gasteiger partial charge in [0.05, 0.1) is 6.61 Å². The highest BCUT2D eigenvalue weighted by atomic mass is 16.6. The zero-order chi connectivity index (χ0) is 12.5. The van der Waals surface area contributed by atoms with E-state index in [1.807, 2.05) is 6.92 Å². The third-order valence-corrected chi connectivity index (χ3v) is 2.88. The smallest absolute Gasteiger partial charge is 0.306 e. The van der Waals surface area contributed by atoms with Crippen molar-refractivity contribution in [2.75, 3.05) is 6.61 Å². The van der Waals surface area contributed by atoms with E-state index in [-0.39, 0.29) is 18.0 Å². The molecule has 1 atom stereocenters. The van der Waals surface area contributed by atoms with Crippen LogP contribution in [0, 0.1) is 0 Å². The van der Waals surface area contributed by atoms with Crippen molar-refractivity contribution in [2.24, 2.45) is 0 Å². The second kappa shape index (κ2) is 8.09. The van der Waals surface area contributed by atoms with Crippen molar-refractivity contribution in [1.29, 1.82) is 0 Å². The number of hydrogen-bond acceptors (Lipinski definition) is 4. The molecule has 1 fully saturated rings. The van der Waals surface area contributed by atoms with Gasteiger partial charge < -0.3 is 9.47 Å². The summed E-state index contributed by atoms with van der Waals surface area (Å²) in [6, 6.07) is 0. The Labute approximate surface area is 103 Å². The van der Waals surface area contributed by atoms with Gasteiger partial charge in [-0.2, -0.15) is 0 Å². The quantitative estimate of drug-likeness (QED) is 0.613. The predicted molar refractivity (Wildman–Crippen MR) is 63.4 cm³/mol. The Kier molecular flexibility index (Phi) is 6.67. The van der Waals surface area contributed by atoms with Crippen molar-refractivity contribution in [3.63, 3.8) is 0 Å². The molecule has 1 saturated heterocycles. The second-order valence-corrected chi connectivity index (χ2v) is 4.58. The lowest BCUT2D eigenvalue weighted by Gasteiger charge is -2.14. The zero-order valence-corrected chi connectivity index (χ0v) is 10.6. The van der Waals surface area contributed by atoms with Gasteiger partial charge in [0, 0.05) is 19.3 Å². The molecule has 17 heavy (non-hydrogen) atoms. The van der Waals surface area contributed by atoms with Crippen LogP contribution >= 0.6 is 0 Å². The molecule has 0 amide bonds. The standard InChI is InChI=1S/C13H22O4/c1-11-9-10-16-12(14)7-5-3-2-4-6-8-13(15)17-11/h11H,2-10H2,1H3. The molecule has 98 valence electrons. The van der Waals surface area contributed by atoms with Crippen LogP contribution < -0.4 is 0 Å². The molecule has 0 spiro atoms. The fraction of sp³-hybridized carbons (Fsp3) is 0.846. The summed E-state index contributed by atoms with van der Waals surface area (Å²) in [5.74, 6) is -0.276. The minimum Gasteiger partial charge on any atom is -0.466 e. The Bertz CT molecular complexity index is 250. The molecule has 1 aliphatic rings. The van der Waals surface area contributed by atoms with E-state index >= 15 is 0 Å². The zero-order valence-electron chi connectivity index (χ0n) is 10.6. The number of cyclic esters (lactones) is 2.